The fraction of sp³-hybridized carbons (Fsp3) is 0.889. The molecular weight excluding hydrogens is 230 g/mol. The molecule has 0 aromatic heterocycles. The van der Waals surface area contributed by atoms with E-state index in [0.717, 1.165) is 11.8 Å². The average Bonchev–Trinajstić information content (AvgIpc) is 2.79. The monoisotopic (exact) mass is 259 g/mol. The van der Waals surface area contributed by atoms with Gasteiger partial charge in [-0.1, -0.05) is 18.6 Å². The third-order valence-electron chi connectivity index (χ3n) is 6.75. The summed E-state index contributed by atoms with van der Waals surface area (Å²) in [6.45, 7) is 2.59. The topological polar surface area (TPSA) is 12.0 Å². The van der Waals surface area contributed by atoms with Gasteiger partial charge in [0.25, 0.3) is 0 Å². The van der Waals surface area contributed by atoms with Gasteiger partial charge in [0.15, 0.2) is 0 Å². The van der Waals surface area contributed by atoms with Crippen molar-refractivity contribution in [1.29, 1.82) is 0 Å². The van der Waals surface area contributed by atoms with Gasteiger partial charge in [-0.25, -0.2) is 0 Å². The van der Waals surface area contributed by atoms with E-state index in [0.29, 0.717) is 16.9 Å². The van der Waals surface area contributed by atoms with Gasteiger partial charge < -0.3 is 5.32 Å². The van der Waals surface area contributed by atoms with Crippen molar-refractivity contribution < 1.29 is 0 Å². The predicted molar refractivity (Wildman–Crippen MR) is 80.0 cm³/mol. The molecule has 1 nitrogen and oxygen atoms in total. The number of allylic oxidation sites excluding steroid dienone is 1. The first-order valence-electron chi connectivity index (χ1n) is 8.49. The van der Waals surface area contributed by atoms with E-state index in [1.54, 1.807) is 12.0 Å². The normalized spacial score (nSPS) is 49.5. The molecule has 4 bridgehead atoms. The fourth-order valence-electron chi connectivity index (χ4n) is 6.98. The number of hydrogen-bond donors (Lipinski definition) is 1. The van der Waals surface area contributed by atoms with Crippen molar-refractivity contribution in [3.05, 3.63) is 11.6 Å². The molecule has 1 heteroatoms. The summed E-state index contributed by atoms with van der Waals surface area (Å²) in [7, 11) is 2.21. The van der Waals surface area contributed by atoms with E-state index >= 15 is 0 Å². The second kappa shape index (κ2) is 4.10. The summed E-state index contributed by atoms with van der Waals surface area (Å²) in [5, 5.41) is 3.75. The lowest BCUT2D eigenvalue weighted by molar-refractivity contribution is -0.112. The molecule has 19 heavy (non-hydrogen) atoms. The lowest BCUT2D eigenvalue weighted by Crippen LogP contribution is -2.58. The maximum absolute atomic E-state index is 3.75. The molecular formula is C18H29N. The van der Waals surface area contributed by atoms with Crippen LogP contribution in [0.4, 0.5) is 0 Å². The molecule has 0 amide bonds. The molecule has 4 saturated carbocycles. The van der Waals surface area contributed by atoms with E-state index in [2.05, 4.69) is 25.4 Å². The van der Waals surface area contributed by atoms with Crippen LogP contribution in [-0.2, 0) is 0 Å². The Bertz CT molecular complexity index is 394. The van der Waals surface area contributed by atoms with Gasteiger partial charge in [0, 0.05) is 6.04 Å². The Labute approximate surface area is 118 Å². The SMILES string of the molecule is CNC(C1=CCCC1)C12CC3CC(CC(C)(C3)C1)C2. The molecule has 5 aliphatic carbocycles. The van der Waals surface area contributed by atoms with Crippen LogP contribution in [-0.4, -0.2) is 13.1 Å². The Kier molecular flexibility index (Phi) is 2.68. The van der Waals surface area contributed by atoms with E-state index in [1.807, 2.05) is 0 Å². The van der Waals surface area contributed by atoms with Crippen molar-refractivity contribution >= 4 is 0 Å². The van der Waals surface area contributed by atoms with Crippen molar-refractivity contribution in [3.8, 4) is 0 Å². The Morgan fingerprint density at radius 2 is 1.95 bits per heavy atom. The zero-order chi connectivity index (χ0) is 13.1. The average molecular weight is 259 g/mol. The Morgan fingerprint density at radius 3 is 2.47 bits per heavy atom. The molecule has 5 rings (SSSR count). The third kappa shape index (κ3) is 1.84. The van der Waals surface area contributed by atoms with Gasteiger partial charge >= 0.3 is 0 Å². The molecule has 5 aliphatic rings. The molecule has 0 aromatic carbocycles. The van der Waals surface area contributed by atoms with Gasteiger partial charge in [0.1, 0.15) is 0 Å². The van der Waals surface area contributed by atoms with E-state index in [9.17, 15) is 0 Å². The first kappa shape index (κ1) is 12.4. The molecule has 0 saturated heterocycles. The second-order valence-corrected chi connectivity index (χ2v) is 8.53. The van der Waals surface area contributed by atoms with Crippen LogP contribution < -0.4 is 5.32 Å². The number of likely N-dealkylation sites (N-methyl/N-ethyl adjacent to an activating group) is 1. The summed E-state index contributed by atoms with van der Waals surface area (Å²) in [5.74, 6) is 2.09. The zero-order valence-electron chi connectivity index (χ0n) is 12.7. The molecule has 0 aromatic rings. The molecule has 1 N–H and O–H groups in total. The van der Waals surface area contributed by atoms with Crippen molar-refractivity contribution in [2.45, 2.75) is 70.8 Å². The first-order valence-corrected chi connectivity index (χ1v) is 8.49. The van der Waals surface area contributed by atoms with Crippen molar-refractivity contribution in [3.63, 3.8) is 0 Å². The quantitative estimate of drug-likeness (QED) is 0.746. The zero-order valence-corrected chi connectivity index (χ0v) is 12.7. The van der Waals surface area contributed by atoms with Crippen molar-refractivity contribution in [2.75, 3.05) is 7.05 Å². The van der Waals surface area contributed by atoms with Gasteiger partial charge in [-0.05, 0) is 87.5 Å². The number of hydrogen-bond acceptors (Lipinski definition) is 1. The van der Waals surface area contributed by atoms with Gasteiger partial charge in [-0.15, -0.1) is 0 Å². The van der Waals surface area contributed by atoms with Crippen LogP contribution in [0.3, 0.4) is 0 Å². The van der Waals surface area contributed by atoms with Crippen LogP contribution >= 0.6 is 0 Å². The van der Waals surface area contributed by atoms with Gasteiger partial charge in [0.2, 0.25) is 0 Å². The molecule has 106 valence electrons. The maximum Gasteiger partial charge on any atom is 0.0334 e. The smallest absolute Gasteiger partial charge is 0.0334 e. The van der Waals surface area contributed by atoms with E-state index in [-0.39, 0.29) is 0 Å². The first-order chi connectivity index (χ1) is 9.12. The highest BCUT2D eigenvalue weighted by atomic mass is 14.9. The summed E-state index contributed by atoms with van der Waals surface area (Å²) in [6, 6.07) is 0.695. The Hall–Kier alpha value is -0.300. The van der Waals surface area contributed by atoms with E-state index in [1.165, 1.54) is 51.4 Å². The van der Waals surface area contributed by atoms with Crippen molar-refractivity contribution in [2.24, 2.45) is 22.7 Å². The van der Waals surface area contributed by atoms with Crippen LogP contribution in [0.2, 0.25) is 0 Å². The lowest BCUT2D eigenvalue weighted by Gasteiger charge is -2.63. The van der Waals surface area contributed by atoms with E-state index < -0.39 is 0 Å². The maximum atomic E-state index is 3.75. The summed E-state index contributed by atoms with van der Waals surface area (Å²) in [5.41, 5.74) is 3.05. The van der Waals surface area contributed by atoms with Crippen LogP contribution in [0.25, 0.3) is 0 Å². The molecule has 3 atom stereocenters. The fourth-order valence-corrected chi connectivity index (χ4v) is 6.98. The van der Waals surface area contributed by atoms with Crippen LogP contribution in [0.15, 0.2) is 11.6 Å². The third-order valence-corrected chi connectivity index (χ3v) is 6.75. The Balaban J connectivity index is 1.68. The standard InChI is InChI=1S/C18H29N/c1-17-8-13-7-14(9-17)11-18(10-13,12-17)16(19-2)15-5-3-4-6-15/h5,13-14,16,19H,3-4,6-12H2,1-2H3. The number of nitrogens with one attached hydrogen (secondary N) is 1. The highest BCUT2D eigenvalue weighted by Gasteiger charge is 2.58. The molecule has 4 fully saturated rings. The highest BCUT2D eigenvalue weighted by Crippen LogP contribution is 2.66. The van der Waals surface area contributed by atoms with Gasteiger partial charge in [-0.3, -0.25) is 0 Å². The number of rotatable bonds is 3. The summed E-state index contributed by atoms with van der Waals surface area (Å²) in [4.78, 5) is 0. The van der Waals surface area contributed by atoms with Crippen molar-refractivity contribution in [1.82, 2.24) is 5.32 Å². The minimum absolute atomic E-state index is 0.615. The summed E-state index contributed by atoms with van der Waals surface area (Å²) in [6.07, 6.45) is 15.8. The summed E-state index contributed by atoms with van der Waals surface area (Å²) < 4.78 is 0. The lowest BCUT2D eigenvalue weighted by atomic mass is 9.42. The molecule has 0 radical (unpaired) electrons. The second-order valence-electron chi connectivity index (χ2n) is 8.53. The molecule has 0 heterocycles. The van der Waals surface area contributed by atoms with Crippen LogP contribution in [0.1, 0.15) is 64.7 Å². The molecule has 0 aliphatic heterocycles. The predicted octanol–water partition coefficient (Wildman–Crippen LogP) is 4.29. The van der Waals surface area contributed by atoms with Crippen LogP contribution in [0.5, 0.6) is 0 Å². The molecule has 0 spiro atoms. The largest absolute Gasteiger partial charge is 0.313 e. The van der Waals surface area contributed by atoms with E-state index in [4.69, 9.17) is 0 Å². The minimum atomic E-state index is 0.615. The highest BCUT2D eigenvalue weighted by molar-refractivity contribution is 5.23. The Morgan fingerprint density at radius 1 is 1.21 bits per heavy atom. The molecule has 3 unspecified atom stereocenters. The van der Waals surface area contributed by atoms with Gasteiger partial charge in [-0.2, -0.15) is 0 Å². The van der Waals surface area contributed by atoms with Crippen LogP contribution in [0, 0.1) is 22.7 Å². The van der Waals surface area contributed by atoms with Gasteiger partial charge in [0.05, 0.1) is 0 Å². The minimum Gasteiger partial charge on any atom is -0.313 e. The summed E-state index contributed by atoms with van der Waals surface area (Å²) >= 11 is 0.